The van der Waals surface area contributed by atoms with Gasteiger partial charge < -0.3 is 5.11 Å². The normalized spacial score (nSPS) is 13.5. The molecule has 0 amide bonds. The van der Waals surface area contributed by atoms with Gasteiger partial charge in [-0.05, 0) is 5.41 Å². The molecule has 0 aliphatic heterocycles. The summed E-state index contributed by atoms with van der Waals surface area (Å²) in [6.45, 7) is 8.64. The van der Waals surface area contributed by atoms with Crippen molar-refractivity contribution >= 4 is 11.8 Å². The predicted molar refractivity (Wildman–Crippen MR) is 50.4 cm³/mol. The number of carboxylic acid groups (broad SMARTS) is 1. The molecule has 0 heterocycles. The van der Waals surface area contributed by atoms with Gasteiger partial charge in [0, 0.05) is 6.42 Å². The Morgan fingerprint density at radius 1 is 1.46 bits per heavy atom. The second-order valence-corrected chi connectivity index (χ2v) is 4.10. The molecule has 0 radical (unpaired) electrons. The number of rotatable bonds is 4. The van der Waals surface area contributed by atoms with Crippen molar-refractivity contribution in [3.05, 3.63) is 12.7 Å². The van der Waals surface area contributed by atoms with Crippen LogP contribution in [-0.2, 0) is 9.59 Å². The third-order valence-electron chi connectivity index (χ3n) is 1.78. The number of hydrogen-bond acceptors (Lipinski definition) is 2. The van der Waals surface area contributed by atoms with Gasteiger partial charge in [0.25, 0.3) is 0 Å². The molecule has 0 bridgehead atoms. The van der Waals surface area contributed by atoms with E-state index in [1.54, 1.807) is 20.8 Å². The molecule has 13 heavy (non-hydrogen) atoms. The van der Waals surface area contributed by atoms with Crippen LogP contribution in [0.3, 0.4) is 0 Å². The quantitative estimate of drug-likeness (QED) is 0.536. The van der Waals surface area contributed by atoms with Crippen LogP contribution >= 0.6 is 0 Å². The van der Waals surface area contributed by atoms with E-state index in [0.717, 1.165) is 0 Å². The summed E-state index contributed by atoms with van der Waals surface area (Å²) in [4.78, 5) is 22.2. The molecule has 0 rings (SSSR count). The summed E-state index contributed by atoms with van der Waals surface area (Å²) in [5.41, 5.74) is -0.536. The molecular weight excluding hydrogens is 168 g/mol. The fraction of sp³-hybridized carbons (Fsp3) is 0.600. The smallest absolute Gasteiger partial charge is 0.314 e. The van der Waals surface area contributed by atoms with E-state index in [1.165, 1.54) is 6.08 Å². The van der Waals surface area contributed by atoms with Crippen LogP contribution in [0.15, 0.2) is 12.7 Å². The van der Waals surface area contributed by atoms with Gasteiger partial charge in [-0.15, -0.1) is 6.58 Å². The van der Waals surface area contributed by atoms with Gasteiger partial charge in [0.2, 0.25) is 0 Å². The van der Waals surface area contributed by atoms with Gasteiger partial charge in [0.05, 0.1) is 0 Å². The molecule has 0 saturated carbocycles. The number of hydrogen-bond donors (Lipinski definition) is 1. The highest BCUT2D eigenvalue weighted by molar-refractivity contribution is 5.99. The van der Waals surface area contributed by atoms with Gasteiger partial charge in [-0.1, -0.05) is 26.8 Å². The van der Waals surface area contributed by atoms with E-state index in [9.17, 15) is 9.59 Å². The molecule has 74 valence electrons. The molecule has 1 atom stereocenters. The average molecular weight is 184 g/mol. The summed E-state index contributed by atoms with van der Waals surface area (Å²) < 4.78 is 0. The number of allylic oxidation sites excluding steroid dienone is 1. The molecule has 0 saturated heterocycles. The van der Waals surface area contributed by atoms with Crippen LogP contribution in [0.2, 0.25) is 0 Å². The van der Waals surface area contributed by atoms with E-state index >= 15 is 0 Å². The second-order valence-electron chi connectivity index (χ2n) is 4.10. The first-order chi connectivity index (χ1) is 5.80. The monoisotopic (exact) mass is 184 g/mol. The number of carbonyl (C=O) groups is 2. The molecule has 1 N–H and O–H groups in total. The van der Waals surface area contributed by atoms with Crippen molar-refractivity contribution in [2.75, 3.05) is 0 Å². The molecule has 3 heteroatoms. The lowest BCUT2D eigenvalue weighted by molar-refractivity contribution is -0.150. The zero-order chi connectivity index (χ0) is 10.6. The maximum absolute atomic E-state index is 11.4. The number of carbonyl (C=O) groups excluding carboxylic acids is 1. The van der Waals surface area contributed by atoms with Crippen LogP contribution in [0.25, 0.3) is 0 Å². The van der Waals surface area contributed by atoms with E-state index in [2.05, 4.69) is 6.58 Å². The van der Waals surface area contributed by atoms with Crippen molar-refractivity contribution in [1.82, 2.24) is 0 Å². The van der Waals surface area contributed by atoms with Gasteiger partial charge in [-0.25, -0.2) is 0 Å². The first-order valence-electron chi connectivity index (χ1n) is 4.17. The topological polar surface area (TPSA) is 54.4 Å². The third kappa shape index (κ3) is 3.40. The Balaban J connectivity index is 4.72. The summed E-state index contributed by atoms with van der Waals surface area (Å²) in [7, 11) is 0. The maximum Gasteiger partial charge on any atom is 0.314 e. The second kappa shape index (κ2) is 4.21. The third-order valence-corrected chi connectivity index (χ3v) is 1.78. The predicted octanol–water partition coefficient (Wildman–Crippen LogP) is 1.88. The zero-order valence-electron chi connectivity index (χ0n) is 8.33. The first-order valence-corrected chi connectivity index (χ1v) is 4.17. The van der Waals surface area contributed by atoms with Crippen molar-refractivity contribution in [2.45, 2.75) is 27.2 Å². The van der Waals surface area contributed by atoms with E-state index in [1.807, 2.05) is 0 Å². The van der Waals surface area contributed by atoms with E-state index < -0.39 is 17.3 Å². The number of carboxylic acids is 1. The Labute approximate surface area is 78.5 Å². The summed E-state index contributed by atoms with van der Waals surface area (Å²) in [5, 5.41) is 8.85. The molecule has 0 aromatic rings. The van der Waals surface area contributed by atoms with Crippen LogP contribution in [0.1, 0.15) is 27.2 Å². The lowest BCUT2D eigenvalue weighted by Gasteiger charge is -2.25. The molecule has 0 aliphatic carbocycles. The SMILES string of the molecule is C=CCC(=O)C(C(=O)O)C(C)(C)C. The van der Waals surface area contributed by atoms with E-state index in [4.69, 9.17) is 5.11 Å². The highest BCUT2D eigenvalue weighted by Crippen LogP contribution is 2.27. The number of ketones is 1. The van der Waals surface area contributed by atoms with Crippen LogP contribution in [0, 0.1) is 11.3 Å². The summed E-state index contributed by atoms with van der Waals surface area (Å²) in [6.07, 6.45) is 1.55. The molecule has 0 aliphatic rings. The molecule has 1 unspecified atom stereocenters. The molecule has 0 aromatic heterocycles. The van der Waals surface area contributed by atoms with Crippen molar-refractivity contribution in [2.24, 2.45) is 11.3 Å². The van der Waals surface area contributed by atoms with Gasteiger partial charge in [0.15, 0.2) is 5.78 Å². The Morgan fingerprint density at radius 3 is 2.15 bits per heavy atom. The van der Waals surface area contributed by atoms with Crippen molar-refractivity contribution < 1.29 is 14.7 Å². The standard InChI is InChI=1S/C10H16O3/c1-5-6-7(11)8(9(12)13)10(2,3)4/h5,8H,1,6H2,2-4H3,(H,12,13). The van der Waals surface area contributed by atoms with Crippen LogP contribution < -0.4 is 0 Å². The number of Topliss-reactive ketones (excluding diaryl/α,β-unsaturated/α-hetero) is 1. The average Bonchev–Trinajstić information content (AvgIpc) is 1.82. The van der Waals surface area contributed by atoms with Gasteiger partial charge >= 0.3 is 5.97 Å². The summed E-state index contributed by atoms with van der Waals surface area (Å²) >= 11 is 0. The molecule has 0 aromatic carbocycles. The highest BCUT2D eigenvalue weighted by Gasteiger charge is 2.36. The van der Waals surface area contributed by atoms with Crippen LogP contribution in [0.4, 0.5) is 0 Å². The van der Waals surface area contributed by atoms with Crippen molar-refractivity contribution in [3.63, 3.8) is 0 Å². The number of aliphatic carboxylic acids is 1. The van der Waals surface area contributed by atoms with Gasteiger partial charge in [-0.2, -0.15) is 0 Å². The van der Waals surface area contributed by atoms with E-state index in [0.29, 0.717) is 0 Å². The van der Waals surface area contributed by atoms with Crippen molar-refractivity contribution in [3.8, 4) is 0 Å². The minimum Gasteiger partial charge on any atom is -0.481 e. The van der Waals surface area contributed by atoms with Crippen molar-refractivity contribution in [1.29, 1.82) is 0 Å². The largest absolute Gasteiger partial charge is 0.481 e. The molecule has 0 spiro atoms. The van der Waals surface area contributed by atoms with Crippen LogP contribution in [0.5, 0.6) is 0 Å². The fourth-order valence-corrected chi connectivity index (χ4v) is 1.25. The Bertz CT molecular complexity index is 223. The van der Waals surface area contributed by atoms with Gasteiger partial charge in [0.1, 0.15) is 5.92 Å². The zero-order valence-corrected chi connectivity index (χ0v) is 8.33. The van der Waals surface area contributed by atoms with E-state index in [-0.39, 0.29) is 12.2 Å². The fourth-order valence-electron chi connectivity index (χ4n) is 1.25. The van der Waals surface area contributed by atoms with Crippen LogP contribution in [-0.4, -0.2) is 16.9 Å². The Morgan fingerprint density at radius 2 is 1.92 bits per heavy atom. The Kier molecular flexibility index (Phi) is 3.85. The Hall–Kier alpha value is -1.12. The van der Waals surface area contributed by atoms with Gasteiger partial charge in [-0.3, -0.25) is 9.59 Å². The first kappa shape index (κ1) is 11.9. The summed E-state index contributed by atoms with van der Waals surface area (Å²) in [6, 6.07) is 0. The molecular formula is C10H16O3. The lowest BCUT2D eigenvalue weighted by atomic mass is 9.77. The lowest BCUT2D eigenvalue weighted by Crippen LogP contribution is -2.35. The molecule has 0 fully saturated rings. The molecule has 3 nitrogen and oxygen atoms in total. The maximum atomic E-state index is 11.4. The minimum absolute atomic E-state index is 0.119. The highest BCUT2D eigenvalue weighted by atomic mass is 16.4. The summed E-state index contributed by atoms with van der Waals surface area (Å²) in [5.74, 6) is -2.28. The minimum atomic E-state index is -1.06.